The van der Waals surface area contributed by atoms with Crippen molar-refractivity contribution < 1.29 is 0 Å². The number of rotatable bonds is 1. The van der Waals surface area contributed by atoms with E-state index in [4.69, 9.17) is 9.97 Å². The molecule has 2 aliphatic carbocycles. The highest BCUT2D eigenvalue weighted by Gasteiger charge is 2.50. The van der Waals surface area contributed by atoms with E-state index < -0.39 is 5.41 Å². The lowest BCUT2D eigenvalue weighted by Gasteiger charge is -2.40. The van der Waals surface area contributed by atoms with Crippen LogP contribution in [0.3, 0.4) is 0 Å². The molecule has 2 heteroatoms. The van der Waals surface area contributed by atoms with E-state index in [1.54, 1.807) is 0 Å². The topological polar surface area (TPSA) is 25.8 Å². The van der Waals surface area contributed by atoms with Crippen LogP contribution < -0.4 is 0 Å². The predicted molar refractivity (Wildman–Crippen MR) is 176 cm³/mol. The Labute approximate surface area is 248 Å². The molecule has 0 bridgehead atoms. The van der Waals surface area contributed by atoms with Gasteiger partial charge in [-0.05, 0) is 73.5 Å². The number of hydrogen-bond acceptors (Lipinski definition) is 2. The standard InChI is InChI=1S/C41H24N2/c1-3-14-33-29(11-1)31-21-19-28(37-22-20-27-18-17-26-10-7-23-42-39(26)40(27)43-37)24-36(31)41(33)34-15-4-2-12-30(34)32-13-5-8-25-9-6-16-35(41)38(25)32/h1-24H. The van der Waals surface area contributed by atoms with E-state index in [0.29, 0.717) is 0 Å². The predicted octanol–water partition coefficient (Wildman–Crippen LogP) is 9.95. The summed E-state index contributed by atoms with van der Waals surface area (Å²) in [5, 5.41) is 4.83. The van der Waals surface area contributed by atoms with Gasteiger partial charge >= 0.3 is 0 Å². The maximum atomic E-state index is 5.24. The van der Waals surface area contributed by atoms with Gasteiger partial charge in [0.2, 0.25) is 0 Å². The van der Waals surface area contributed by atoms with Crippen molar-refractivity contribution in [2.75, 3.05) is 0 Å². The maximum Gasteiger partial charge on any atom is 0.0972 e. The number of nitrogens with zero attached hydrogens (tertiary/aromatic N) is 2. The Morgan fingerprint density at radius 1 is 0.419 bits per heavy atom. The quantitative estimate of drug-likeness (QED) is 0.192. The highest BCUT2D eigenvalue weighted by atomic mass is 14.8. The van der Waals surface area contributed by atoms with Crippen molar-refractivity contribution >= 4 is 32.6 Å². The van der Waals surface area contributed by atoms with Gasteiger partial charge in [0.05, 0.1) is 22.1 Å². The summed E-state index contributed by atoms with van der Waals surface area (Å²) >= 11 is 0. The zero-order chi connectivity index (χ0) is 28.1. The third kappa shape index (κ3) is 2.88. The van der Waals surface area contributed by atoms with Crippen LogP contribution in [0.5, 0.6) is 0 Å². The van der Waals surface area contributed by atoms with E-state index in [0.717, 1.165) is 33.1 Å². The normalized spacial score (nSPS) is 16.0. The molecule has 0 fully saturated rings. The molecule has 1 unspecified atom stereocenters. The maximum absolute atomic E-state index is 5.24. The van der Waals surface area contributed by atoms with Gasteiger partial charge in [-0.2, -0.15) is 0 Å². The Kier molecular flexibility index (Phi) is 4.41. The van der Waals surface area contributed by atoms with Gasteiger partial charge in [-0.15, -0.1) is 0 Å². The van der Waals surface area contributed by atoms with Crippen molar-refractivity contribution in [2.45, 2.75) is 5.41 Å². The lowest BCUT2D eigenvalue weighted by atomic mass is 9.61. The Bertz CT molecular complexity index is 2470. The molecule has 0 N–H and O–H groups in total. The van der Waals surface area contributed by atoms with Crippen molar-refractivity contribution in [3.05, 3.63) is 168 Å². The molecular weight excluding hydrogens is 520 g/mol. The molecule has 8 aromatic rings. The molecule has 1 atom stereocenters. The first-order chi connectivity index (χ1) is 21.3. The van der Waals surface area contributed by atoms with Gasteiger partial charge in [0.1, 0.15) is 0 Å². The van der Waals surface area contributed by atoms with Gasteiger partial charge < -0.3 is 0 Å². The summed E-state index contributed by atoms with van der Waals surface area (Å²) in [6.07, 6.45) is 1.85. The van der Waals surface area contributed by atoms with Crippen molar-refractivity contribution in [3.8, 4) is 33.5 Å². The van der Waals surface area contributed by atoms with E-state index in [1.807, 2.05) is 12.3 Å². The molecule has 0 radical (unpaired) electrons. The number of fused-ring (bicyclic) bond motifs is 12. The van der Waals surface area contributed by atoms with Gasteiger partial charge in [0, 0.05) is 22.5 Å². The van der Waals surface area contributed by atoms with Crippen LogP contribution >= 0.6 is 0 Å². The smallest absolute Gasteiger partial charge is 0.0972 e. The first-order valence-corrected chi connectivity index (χ1v) is 14.8. The third-order valence-electron chi connectivity index (χ3n) is 9.70. The fraction of sp³-hybridized carbons (Fsp3) is 0.0244. The molecule has 0 saturated carbocycles. The zero-order valence-corrected chi connectivity index (χ0v) is 23.3. The Morgan fingerprint density at radius 2 is 1.05 bits per heavy atom. The SMILES string of the molecule is c1ccc2c(c1)-c1ccc(-c3ccc4ccc5cccnc5c4n3)cc1C21c2ccccc2-c2cccc3cccc1c23. The molecule has 1 spiro atoms. The van der Waals surface area contributed by atoms with Crippen LogP contribution in [0.4, 0.5) is 0 Å². The lowest BCUT2D eigenvalue weighted by molar-refractivity contribution is 0.773. The summed E-state index contributed by atoms with van der Waals surface area (Å²) in [5.74, 6) is 0. The first kappa shape index (κ1) is 23.0. The second-order valence-electron chi connectivity index (χ2n) is 11.7. The van der Waals surface area contributed by atoms with Crippen LogP contribution in [0.1, 0.15) is 22.3 Å². The summed E-state index contributed by atoms with van der Waals surface area (Å²) < 4.78 is 0. The van der Waals surface area contributed by atoms with Crippen LogP contribution in [-0.2, 0) is 5.41 Å². The Morgan fingerprint density at radius 3 is 1.88 bits per heavy atom. The summed E-state index contributed by atoms with van der Waals surface area (Å²) in [7, 11) is 0. The molecular formula is C41H24N2. The molecule has 2 nitrogen and oxygen atoms in total. The second-order valence-corrected chi connectivity index (χ2v) is 11.7. The highest BCUT2D eigenvalue weighted by molar-refractivity contribution is 6.07. The molecule has 2 aliphatic rings. The fourth-order valence-electron chi connectivity index (χ4n) is 7.97. The van der Waals surface area contributed by atoms with Crippen LogP contribution in [0.25, 0.3) is 66.1 Å². The monoisotopic (exact) mass is 544 g/mol. The van der Waals surface area contributed by atoms with Crippen LogP contribution in [0, 0.1) is 0 Å². The van der Waals surface area contributed by atoms with E-state index in [1.165, 1.54) is 55.3 Å². The van der Waals surface area contributed by atoms with Gasteiger partial charge in [0.15, 0.2) is 0 Å². The minimum absolute atomic E-state index is 0.433. The van der Waals surface area contributed by atoms with Crippen molar-refractivity contribution in [1.29, 1.82) is 0 Å². The second kappa shape index (κ2) is 8.24. The van der Waals surface area contributed by atoms with Crippen LogP contribution in [0.15, 0.2) is 146 Å². The molecule has 0 amide bonds. The average molecular weight is 545 g/mol. The van der Waals surface area contributed by atoms with Crippen LogP contribution in [-0.4, -0.2) is 9.97 Å². The molecule has 2 aromatic heterocycles. The molecule has 2 heterocycles. The number of pyridine rings is 2. The van der Waals surface area contributed by atoms with Crippen molar-refractivity contribution in [3.63, 3.8) is 0 Å². The van der Waals surface area contributed by atoms with E-state index >= 15 is 0 Å². The van der Waals surface area contributed by atoms with Gasteiger partial charge in [-0.1, -0.05) is 121 Å². The zero-order valence-electron chi connectivity index (χ0n) is 23.3. The lowest BCUT2D eigenvalue weighted by Crippen LogP contribution is -2.31. The highest BCUT2D eigenvalue weighted by Crippen LogP contribution is 2.62. The third-order valence-corrected chi connectivity index (χ3v) is 9.70. The van der Waals surface area contributed by atoms with Gasteiger partial charge in [-0.3, -0.25) is 4.98 Å². The number of aromatic nitrogens is 2. The van der Waals surface area contributed by atoms with Gasteiger partial charge in [-0.25, -0.2) is 4.98 Å². The molecule has 0 saturated heterocycles. The molecule has 6 aromatic carbocycles. The summed E-state index contributed by atoms with van der Waals surface area (Å²) in [6.45, 7) is 0. The minimum Gasteiger partial charge on any atom is -0.254 e. The minimum atomic E-state index is -0.433. The summed E-state index contributed by atoms with van der Waals surface area (Å²) in [5.41, 5.74) is 14.1. The Balaban J connectivity index is 1.32. The molecule has 0 aliphatic heterocycles. The first-order valence-electron chi connectivity index (χ1n) is 14.8. The number of hydrogen-bond donors (Lipinski definition) is 0. The van der Waals surface area contributed by atoms with Crippen molar-refractivity contribution in [1.82, 2.24) is 9.97 Å². The average Bonchev–Trinajstić information content (AvgIpc) is 3.37. The largest absolute Gasteiger partial charge is 0.254 e. The fourth-order valence-corrected chi connectivity index (χ4v) is 7.97. The summed E-state index contributed by atoms with van der Waals surface area (Å²) in [6, 6.07) is 51.2. The molecule has 10 rings (SSSR count). The van der Waals surface area contributed by atoms with Crippen molar-refractivity contribution in [2.24, 2.45) is 0 Å². The Hall–Kier alpha value is -5.60. The molecule has 198 valence electrons. The van der Waals surface area contributed by atoms with E-state index in [-0.39, 0.29) is 0 Å². The van der Waals surface area contributed by atoms with E-state index in [2.05, 4.69) is 133 Å². The van der Waals surface area contributed by atoms with E-state index in [9.17, 15) is 0 Å². The number of benzene rings is 6. The summed E-state index contributed by atoms with van der Waals surface area (Å²) in [4.78, 5) is 9.94. The van der Waals surface area contributed by atoms with Crippen LogP contribution in [0.2, 0.25) is 0 Å². The molecule has 43 heavy (non-hydrogen) atoms. The van der Waals surface area contributed by atoms with Gasteiger partial charge in [0.25, 0.3) is 0 Å².